The number of pyridine rings is 1. The third kappa shape index (κ3) is 3.65. The fraction of sp³-hybridized carbons (Fsp3) is 0.312. The Morgan fingerprint density at radius 2 is 2.00 bits per heavy atom. The molecule has 7 heteroatoms. The topological polar surface area (TPSA) is 59.5 Å². The van der Waals surface area contributed by atoms with Crippen LogP contribution in [0, 0.1) is 0 Å². The van der Waals surface area contributed by atoms with Crippen LogP contribution in [-0.2, 0) is 14.6 Å². The van der Waals surface area contributed by atoms with Crippen molar-refractivity contribution in [3.8, 4) is 0 Å². The van der Waals surface area contributed by atoms with Crippen LogP contribution >= 0.6 is 11.6 Å². The normalized spacial score (nSPS) is 18.9. The van der Waals surface area contributed by atoms with E-state index in [1.165, 1.54) is 6.26 Å². The molecule has 1 aromatic carbocycles. The second-order valence-corrected chi connectivity index (χ2v) is 7.87. The maximum absolute atomic E-state index is 12.0. The van der Waals surface area contributed by atoms with Crippen molar-refractivity contribution in [1.29, 1.82) is 0 Å². The van der Waals surface area contributed by atoms with Gasteiger partial charge in [0, 0.05) is 30.6 Å². The molecule has 23 heavy (non-hydrogen) atoms. The Balaban J connectivity index is 1.89. The summed E-state index contributed by atoms with van der Waals surface area (Å²) in [6, 6.07) is 10.7. The van der Waals surface area contributed by atoms with Crippen LogP contribution in [0.1, 0.15) is 11.7 Å². The SMILES string of the molecule is CS(=O)(=O)c1cccnc1N1CCOC(c2ccc(Cl)cc2)C1. The number of aromatic nitrogens is 1. The van der Waals surface area contributed by atoms with Gasteiger partial charge < -0.3 is 9.64 Å². The first kappa shape index (κ1) is 16.2. The van der Waals surface area contributed by atoms with E-state index in [-0.39, 0.29) is 11.0 Å². The van der Waals surface area contributed by atoms with Crippen LogP contribution in [0.15, 0.2) is 47.5 Å². The van der Waals surface area contributed by atoms with Crippen LogP contribution in [-0.4, -0.2) is 39.4 Å². The lowest BCUT2D eigenvalue weighted by atomic mass is 10.1. The largest absolute Gasteiger partial charge is 0.370 e. The highest BCUT2D eigenvalue weighted by atomic mass is 35.5. The molecule has 1 aliphatic rings. The van der Waals surface area contributed by atoms with Gasteiger partial charge >= 0.3 is 0 Å². The van der Waals surface area contributed by atoms with Gasteiger partial charge in [0.2, 0.25) is 0 Å². The molecule has 0 spiro atoms. The van der Waals surface area contributed by atoms with E-state index in [1.807, 2.05) is 29.2 Å². The number of halogens is 1. The monoisotopic (exact) mass is 352 g/mol. The highest BCUT2D eigenvalue weighted by Crippen LogP contribution is 2.29. The molecule has 1 aliphatic heterocycles. The number of benzene rings is 1. The minimum Gasteiger partial charge on any atom is -0.370 e. The lowest BCUT2D eigenvalue weighted by Gasteiger charge is -2.34. The predicted molar refractivity (Wildman–Crippen MR) is 89.7 cm³/mol. The molecular weight excluding hydrogens is 336 g/mol. The van der Waals surface area contributed by atoms with Gasteiger partial charge in [-0.1, -0.05) is 23.7 Å². The molecule has 0 aliphatic carbocycles. The lowest BCUT2D eigenvalue weighted by Crippen LogP contribution is -2.39. The molecule has 1 unspecified atom stereocenters. The summed E-state index contributed by atoms with van der Waals surface area (Å²) in [7, 11) is -3.33. The Hall–Kier alpha value is -1.63. The second-order valence-electron chi connectivity index (χ2n) is 5.45. The quantitative estimate of drug-likeness (QED) is 0.850. The molecule has 0 saturated carbocycles. The lowest BCUT2D eigenvalue weighted by molar-refractivity contribution is 0.0393. The van der Waals surface area contributed by atoms with Crippen molar-refractivity contribution >= 4 is 27.3 Å². The fourth-order valence-electron chi connectivity index (χ4n) is 2.63. The van der Waals surface area contributed by atoms with Gasteiger partial charge in [0.15, 0.2) is 9.84 Å². The van der Waals surface area contributed by atoms with E-state index in [4.69, 9.17) is 16.3 Å². The molecule has 0 N–H and O–H groups in total. The van der Waals surface area contributed by atoms with Gasteiger partial charge in [-0.05, 0) is 29.8 Å². The molecular formula is C16H17ClN2O3S. The summed E-state index contributed by atoms with van der Waals surface area (Å²) in [5, 5.41) is 0.672. The van der Waals surface area contributed by atoms with E-state index >= 15 is 0 Å². The van der Waals surface area contributed by atoms with E-state index < -0.39 is 9.84 Å². The van der Waals surface area contributed by atoms with Gasteiger partial charge in [0.05, 0.1) is 6.61 Å². The summed E-state index contributed by atoms with van der Waals surface area (Å²) in [4.78, 5) is 6.49. The number of ether oxygens (including phenoxy) is 1. The standard InChI is InChI=1S/C16H17ClN2O3S/c1-23(20,21)15-3-2-8-18-16(15)19-9-10-22-14(11-19)12-4-6-13(17)7-5-12/h2-8,14H,9-11H2,1H3. The Labute approximate surface area is 140 Å². The zero-order valence-electron chi connectivity index (χ0n) is 12.6. The van der Waals surface area contributed by atoms with Gasteiger partial charge in [-0.2, -0.15) is 0 Å². The number of hydrogen-bond donors (Lipinski definition) is 0. The second kappa shape index (κ2) is 6.47. The van der Waals surface area contributed by atoms with Crippen molar-refractivity contribution in [3.05, 3.63) is 53.2 Å². The number of hydrogen-bond acceptors (Lipinski definition) is 5. The number of morpholine rings is 1. The molecule has 122 valence electrons. The van der Waals surface area contributed by atoms with Gasteiger partial charge in [-0.15, -0.1) is 0 Å². The Morgan fingerprint density at radius 1 is 1.26 bits per heavy atom. The van der Waals surface area contributed by atoms with Crippen molar-refractivity contribution in [3.63, 3.8) is 0 Å². The van der Waals surface area contributed by atoms with Crippen LogP contribution in [0.2, 0.25) is 5.02 Å². The minimum absolute atomic E-state index is 0.143. The van der Waals surface area contributed by atoms with Crippen LogP contribution < -0.4 is 4.90 Å². The molecule has 0 bridgehead atoms. The number of sulfone groups is 1. The fourth-order valence-corrected chi connectivity index (χ4v) is 3.60. The summed E-state index contributed by atoms with van der Waals surface area (Å²) in [6.45, 7) is 1.65. The van der Waals surface area contributed by atoms with E-state index in [2.05, 4.69) is 4.98 Å². The molecule has 0 amide bonds. The number of nitrogens with zero attached hydrogens (tertiary/aromatic N) is 2. The van der Waals surface area contributed by atoms with Crippen LogP contribution in [0.5, 0.6) is 0 Å². The zero-order valence-corrected chi connectivity index (χ0v) is 14.2. The molecule has 5 nitrogen and oxygen atoms in total. The first-order valence-corrected chi connectivity index (χ1v) is 9.49. The van der Waals surface area contributed by atoms with Gasteiger partial charge in [-0.3, -0.25) is 0 Å². The summed E-state index contributed by atoms with van der Waals surface area (Å²) >= 11 is 5.92. The molecule has 1 atom stereocenters. The summed E-state index contributed by atoms with van der Waals surface area (Å²) in [5.74, 6) is 0.484. The van der Waals surface area contributed by atoms with E-state index in [0.717, 1.165) is 5.56 Å². The third-order valence-corrected chi connectivity index (χ3v) is 5.13. The Bertz CT molecular complexity index is 793. The number of rotatable bonds is 3. The van der Waals surface area contributed by atoms with Crippen LogP contribution in [0.4, 0.5) is 5.82 Å². The third-order valence-electron chi connectivity index (χ3n) is 3.76. The molecule has 3 rings (SSSR count). The molecule has 2 heterocycles. The maximum atomic E-state index is 12.0. The molecule has 0 radical (unpaired) electrons. The molecule has 1 aromatic heterocycles. The van der Waals surface area contributed by atoms with Gasteiger partial charge in [-0.25, -0.2) is 13.4 Å². The minimum atomic E-state index is -3.33. The average molecular weight is 353 g/mol. The zero-order chi connectivity index (χ0) is 16.4. The highest BCUT2D eigenvalue weighted by Gasteiger charge is 2.26. The summed E-state index contributed by atoms with van der Waals surface area (Å²) in [5.41, 5.74) is 1.01. The van der Waals surface area contributed by atoms with Gasteiger partial charge in [0.25, 0.3) is 0 Å². The average Bonchev–Trinajstić information content (AvgIpc) is 2.55. The van der Waals surface area contributed by atoms with Crippen molar-refractivity contribution < 1.29 is 13.2 Å². The van der Waals surface area contributed by atoms with Crippen molar-refractivity contribution in [2.24, 2.45) is 0 Å². The summed E-state index contributed by atoms with van der Waals surface area (Å²) < 4.78 is 29.8. The van der Waals surface area contributed by atoms with Crippen LogP contribution in [0.25, 0.3) is 0 Å². The smallest absolute Gasteiger partial charge is 0.179 e. The highest BCUT2D eigenvalue weighted by molar-refractivity contribution is 7.90. The van der Waals surface area contributed by atoms with Crippen LogP contribution in [0.3, 0.4) is 0 Å². The van der Waals surface area contributed by atoms with Crippen molar-refractivity contribution in [2.75, 3.05) is 30.9 Å². The molecule has 2 aromatic rings. The maximum Gasteiger partial charge on any atom is 0.179 e. The van der Waals surface area contributed by atoms with Gasteiger partial charge in [0.1, 0.15) is 16.8 Å². The molecule has 1 saturated heterocycles. The van der Waals surface area contributed by atoms with Crippen molar-refractivity contribution in [1.82, 2.24) is 4.98 Å². The van der Waals surface area contributed by atoms with E-state index in [9.17, 15) is 8.42 Å². The first-order valence-electron chi connectivity index (χ1n) is 7.22. The molecule has 1 fully saturated rings. The predicted octanol–water partition coefficient (Wildman–Crippen LogP) is 2.72. The Kier molecular flexibility index (Phi) is 4.57. The number of anilines is 1. The van der Waals surface area contributed by atoms with E-state index in [1.54, 1.807) is 18.3 Å². The Morgan fingerprint density at radius 3 is 2.70 bits per heavy atom. The van der Waals surface area contributed by atoms with E-state index in [0.29, 0.717) is 30.5 Å². The van der Waals surface area contributed by atoms with Crippen molar-refractivity contribution in [2.45, 2.75) is 11.0 Å². The summed E-state index contributed by atoms with van der Waals surface area (Å²) in [6.07, 6.45) is 2.66. The first-order chi connectivity index (χ1) is 10.9.